The molecule has 0 spiro atoms. The van der Waals surface area contributed by atoms with E-state index >= 15 is 0 Å². The second-order valence-electron chi connectivity index (χ2n) is 7.71. The van der Waals surface area contributed by atoms with E-state index < -0.39 is 11.2 Å². The first kappa shape index (κ1) is 29.4. The molecule has 148 valence electrons. The molecule has 0 amide bonds. The van der Waals surface area contributed by atoms with Crippen LogP contribution in [0.5, 0.6) is 0 Å². The van der Waals surface area contributed by atoms with E-state index in [9.17, 15) is 10.2 Å². The Hall–Kier alpha value is 0.441. The molecule has 2 aromatic rings. The van der Waals surface area contributed by atoms with E-state index in [1.807, 2.05) is 62.4 Å². The van der Waals surface area contributed by atoms with Crippen LogP contribution in [0.15, 0.2) is 48.5 Å². The van der Waals surface area contributed by atoms with Crippen LogP contribution in [-0.4, -0.2) is 71.7 Å². The summed E-state index contributed by atoms with van der Waals surface area (Å²) in [5, 5.41) is 20.3. The zero-order valence-corrected chi connectivity index (χ0v) is 23.8. The van der Waals surface area contributed by atoms with Crippen molar-refractivity contribution in [2.24, 2.45) is 0 Å². The summed E-state index contributed by atoms with van der Waals surface area (Å²) < 4.78 is -0.590. The van der Waals surface area contributed by atoms with Gasteiger partial charge in [-0.05, 0) is 26.7 Å². The van der Waals surface area contributed by atoms with Crippen LogP contribution in [0, 0.1) is 0 Å². The van der Waals surface area contributed by atoms with E-state index in [1.54, 1.807) is 0 Å². The summed E-state index contributed by atoms with van der Waals surface area (Å²) in [6.45, 7) is 3.66. The minimum absolute atomic E-state index is 0. The van der Waals surface area contributed by atoms with Crippen LogP contribution in [0.1, 0.15) is 50.7 Å². The maximum absolute atomic E-state index is 10.2. The van der Waals surface area contributed by atoms with Crippen LogP contribution in [0.3, 0.4) is 0 Å². The van der Waals surface area contributed by atoms with Crippen LogP contribution in [0.2, 0.25) is 8.57 Å². The van der Waals surface area contributed by atoms with Gasteiger partial charge in [-0.1, -0.05) is 21.4 Å². The largest absolute Gasteiger partial charge is 2.00 e. The van der Waals surface area contributed by atoms with Crippen molar-refractivity contribution in [3.05, 3.63) is 59.7 Å². The Balaban J connectivity index is 0.000000523. The molecular weight excluding hydrogens is 497 g/mol. The van der Waals surface area contributed by atoms with Crippen molar-refractivity contribution in [1.82, 2.24) is 0 Å². The van der Waals surface area contributed by atoms with Gasteiger partial charge in [-0.15, -0.1) is 11.1 Å². The molecule has 0 aliphatic heterocycles. The van der Waals surface area contributed by atoms with Crippen molar-refractivity contribution in [3.8, 4) is 0 Å². The first-order valence-electron chi connectivity index (χ1n) is 9.02. The fourth-order valence-electron chi connectivity index (χ4n) is 2.62. The van der Waals surface area contributed by atoms with Crippen molar-refractivity contribution in [2.75, 3.05) is 0 Å². The quantitative estimate of drug-likeness (QED) is 0.413. The van der Waals surface area contributed by atoms with Gasteiger partial charge in [0.2, 0.25) is 0 Å². The molecule has 2 N–H and O–H groups in total. The topological polar surface area (TPSA) is 40.5 Å². The van der Waals surface area contributed by atoms with Crippen LogP contribution in [0.25, 0.3) is 0 Å². The molecule has 18 radical (unpaired) electrons. The van der Waals surface area contributed by atoms with Crippen LogP contribution in [0.4, 0.5) is 0 Å². The third-order valence-corrected chi connectivity index (χ3v) is 6.04. The molecule has 2 aromatic carbocycles. The van der Waals surface area contributed by atoms with E-state index in [2.05, 4.69) is 61.5 Å². The Kier molecular flexibility index (Phi) is 12.1. The maximum Gasteiger partial charge on any atom is 2.00 e. The van der Waals surface area contributed by atoms with Crippen molar-refractivity contribution >= 4 is 61.5 Å². The van der Waals surface area contributed by atoms with Gasteiger partial charge >= 0.3 is 17.1 Å². The minimum atomic E-state index is -0.763. The van der Waals surface area contributed by atoms with Gasteiger partial charge in [0.05, 0.1) is 11.2 Å². The average molecular weight is 521 g/mol. The zero-order valence-electron chi connectivity index (χ0n) is 16.7. The fraction of sp³-hybridized carbons (Fsp3) is 0.500. The van der Waals surface area contributed by atoms with Crippen molar-refractivity contribution < 1.29 is 27.3 Å². The van der Waals surface area contributed by atoms with Gasteiger partial charge in [0, 0.05) is 61.5 Å². The van der Waals surface area contributed by atoms with Crippen LogP contribution >= 0.6 is 0 Å². The number of hydrogen-bond acceptors (Lipinski definition) is 2. The van der Waals surface area contributed by atoms with E-state index in [0.29, 0.717) is 12.8 Å². The maximum atomic E-state index is 10.2. The summed E-state index contributed by atoms with van der Waals surface area (Å²) in [5.74, 6) is 0. The molecular formula is C20H24FeO2Si6. The Morgan fingerprint density at radius 2 is 1.00 bits per heavy atom. The molecule has 0 aromatic heterocycles. The molecule has 0 aliphatic carbocycles. The summed E-state index contributed by atoms with van der Waals surface area (Å²) in [6.07, 6.45) is 2.90. The van der Waals surface area contributed by atoms with E-state index in [1.165, 1.54) is 0 Å². The first-order valence-corrected chi connectivity index (χ1v) is 12.0. The molecule has 0 aliphatic rings. The summed E-state index contributed by atoms with van der Waals surface area (Å²) >= 11 is 0. The number of rotatable bonds is 8. The average Bonchev–Trinajstić information content (AvgIpc) is 3.24. The Morgan fingerprint density at radius 3 is 1.21 bits per heavy atom. The minimum Gasteiger partial charge on any atom is -0.388 e. The van der Waals surface area contributed by atoms with Crippen molar-refractivity contribution in [1.29, 1.82) is 0 Å². The van der Waals surface area contributed by atoms with E-state index in [4.69, 9.17) is 0 Å². The predicted octanol–water partition coefficient (Wildman–Crippen LogP) is 1.94. The predicted molar refractivity (Wildman–Crippen MR) is 122 cm³/mol. The number of hydrogen-bond donors (Lipinski definition) is 2. The SMILES string of the molecule is CC(O)(CCC([Si])([Si])[Si])c1ccc[cH-]1.CC(O)(CCC([Si])([Si])[Si])c1ccc[cH-]1.[Fe+2]. The van der Waals surface area contributed by atoms with Crippen LogP contribution in [-0.2, 0) is 28.3 Å². The van der Waals surface area contributed by atoms with Gasteiger partial charge < -0.3 is 10.2 Å². The summed E-state index contributed by atoms with van der Waals surface area (Å²) in [6, 6.07) is 15.5. The zero-order chi connectivity index (χ0) is 21.6. The van der Waals surface area contributed by atoms with Gasteiger partial charge in [-0.3, -0.25) is 0 Å². The molecule has 0 heterocycles. The summed E-state index contributed by atoms with van der Waals surface area (Å²) in [5.41, 5.74) is 0.403. The molecule has 29 heavy (non-hydrogen) atoms. The number of aliphatic hydroxyl groups is 2. The molecule has 0 fully saturated rings. The molecule has 2 nitrogen and oxygen atoms in total. The molecule has 9 heteroatoms. The molecule has 2 unspecified atom stereocenters. The van der Waals surface area contributed by atoms with Crippen molar-refractivity contribution in [2.45, 2.75) is 59.3 Å². The fourth-order valence-corrected chi connectivity index (χ4v) is 3.37. The standard InChI is InChI=1S/2C10H12OSi3.Fe/c2*1-9(11,6-7-10(12,13)14)8-4-2-3-5-8;/h2*2-5,11H,6-7H2,1H3;/q2*-1;+2. The van der Waals surface area contributed by atoms with Gasteiger partial charge in [0.15, 0.2) is 0 Å². The second-order valence-corrected chi connectivity index (χ2v) is 15.8. The molecule has 2 rings (SSSR count). The Morgan fingerprint density at radius 1 is 0.690 bits per heavy atom. The van der Waals surface area contributed by atoms with E-state index in [0.717, 1.165) is 24.0 Å². The van der Waals surface area contributed by atoms with E-state index in [-0.39, 0.29) is 25.6 Å². The van der Waals surface area contributed by atoms with Gasteiger partial charge in [-0.2, -0.15) is 24.3 Å². The first-order chi connectivity index (χ1) is 12.6. The Bertz CT molecular complexity index is 611. The Labute approximate surface area is 206 Å². The monoisotopic (exact) mass is 520 g/mol. The van der Waals surface area contributed by atoms with Crippen molar-refractivity contribution in [3.63, 3.8) is 0 Å². The van der Waals surface area contributed by atoms with Gasteiger partial charge in [-0.25, -0.2) is 24.3 Å². The van der Waals surface area contributed by atoms with Gasteiger partial charge in [0.1, 0.15) is 0 Å². The smallest absolute Gasteiger partial charge is 0.388 e. The molecule has 0 bridgehead atoms. The third-order valence-electron chi connectivity index (χ3n) is 4.54. The molecule has 2 atom stereocenters. The molecule has 0 saturated carbocycles. The second kappa shape index (κ2) is 11.9. The van der Waals surface area contributed by atoms with Crippen LogP contribution < -0.4 is 0 Å². The summed E-state index contributed by atoms with van der Waals surface area (Å²) in [4.78, 5) is 0. The third kappa shape index (κ3) is 12.2. The normalized spacial score (nSPS) is 16.1. The molecule has 0 saturated heterocycles. The van der Waals surface area contributed by atoms with Gasteiger partial charge in [0.25, 0.3) is 0 Å². The summed E-state index contributed by atoms with van der Waals surface area (Å²) in [7, 11) is 20.8.